The minimum absolute atomic E-state index is 0.0623. The summed E-state index contributed by atoms with van der Waals surface area (Å²) in [7, 11) is 1.70. The molecule has 0 spiro atoms. The molecule has 15 heavy (non-hydrogen) atoms. The van der Waals surface area contributed by atoms with E-state index < -0.39 is 0 Å². The van der Waals surface area contributed by atoms with Crippen LogP contribution in [0, 0.1) is 0 Å². The predicted molar refractivity (Wildman–Crippen MR) is 58.3 cm³/mol. The third kappa shape index (κ3) is 1.69. The third-order valence-electron chi connectivity index (χ3n) is 3.30. The van der Waals surface area contributed by atoms with Crippen LogP contribution in [-0.2, 0) is 9.53 Å². The lowest BCUT2D eigenvalue weighted by atomic mass is 9.93. The topological polar surface area (TPSA) is 29.5 Å². The average Bonchev–Trinajstić information content (AvgIpc) is 2.54. The summed E-state index contributed by atoms with van der Waals surface area (Å²) in [6.45, 7) is 2.90. The summed E-state index contributed by atoms with van der Waals surface area (Å²) < 4.78 is 5.46. The standard InChI is InChI=1S/C12H19NO2/c1-3-8-13-11(14)9-6-4-5-7-10(9)12(13)15-2/h12H,3-8H2,1-2H3. The lowest BCUT2D eigenvalue weighted by Crippen LogP contribution is -2.37. The molecule has 1 heterocycles. The van der Waals surface area contributed by atoms with Crippen LogP contribution in [0.15, 0.2) is 11.1 Å². The summed E-state index contributed by atoms with van der Waals surface area (Å²) in [5.41, 5.74) is 2.30. The van der Waals surface area contributed by atoms with E-state index in [1.165, 1.54) is 12.0 Å². The molecular formula is C12H19NO2. The molecule has 1 amide bonds. The third-order valence-corrected chi connectivity index (χ3v) is 3.30. The van der Waals surface area contributed by atoms with Gasteiger partial charge in [-0.3, -0.25) is 4.79 Å². The predicted octanol–water partition coefficient (Wildman–Crippen LogP) is 2.08. The minimum atomic E-state index is -0.0623. The highest BCUT2D eigenvalue weighted by molar-refractivity contribution is 5.97. The molecular weight excluding hydrogens is 190 g/mol. The number of methoxy groups -OCH3 is 1. The van der Waals surface area contributed by atoms with Gasteiger partial charge in [0.25, 0.3) is 5.91 Å². The van der Waals surface area contributed by atoms with Crippen LogP contribution < -0.4 is 0 Å². The number of ether oxygens (including phenoxy) is 1. The van der Waals surface area contributed by atoms with Crippen molar-refractivity contribution in [2.45, 2.75) is 45.3 Å². The molecule has 0 bridgehead atoms. The Morgan fingerprint density at radius 2 is 2.13 bits per heavy atom. The fourth-order valence-corrected chi connectivity index (χ4v) is 2.64. The van der Waals surface area contributed by atoms with E-state index in [1.54, 1.807) is 7.11 Å². The Hall–Kier alpha value is -0.830. The Kier molecular flexibility index (Phi) is 3.10. The number of nitrogens with zero attached hydrogens (tertiary/aromatic N) is 1. The van der Waals surface area contributed by atoms with E-state index in [9.17, 15) is 4.79 Å². The van der Waals surface area contributed by atoms with Gasteiger partial charge in [0, 0.05) is 19.2 Å². The maximum atomic E-state index is 12.1. The molecule has 0 aromatic heterocycles. The van der Waals surface area contributed by atoms with E-state index in [2.05, 4.69) is 6.92 Å². The van der Waals surface area contributed by atoms with Crippen molar-refractivity contribution in [2.24, 2.45) is 0 Å². The molecule has 0 saturated heterocycles. The lowest BCUT2D eigenvalue weighted by Gasteiger charge is -2.25. The van der Waals surface area contributed by atoms with Crippen LogP contribution in [0.4, 0.5) is 0 Å². The van der Waals surface area contributed by atoms with Gasteiger partial charge in [-0.05, 0) is 37.7 Å². The molecule has 1 atom stereocenters. The highest BCUT2D eigenvalue weighted by Crippen LogP contribution is 2.36. The summed E-state index contributed by atoms with van der Waals surface area (Å²) in [6.07, 6.45) is 5.28. The van der Waals surface area contributed by atoms with Crippen LogP contribution in [0.2, 0.25) is 0 Å². The number of rotatable bonds is 3. The Morgan fingerprint density at radius 1 is 1.40 bits per heavy atom. The first-order valence-electron chi connectivity index (χ1n) is 5.85. The van der Waals surface area contributed by atoms with Gasteiger partial charge >= 0.3 is 0 Å². The first-order chi connectivity index (χ1) is 7.29. The molecule has 0 fully saturated rings. The second-order valence-corrected chi connectivity index (χ2v) is 4.30. The zero-order valence-electron chi connectivity index (χ0n) is 9.58. The summed E-state index contributed by atoms with van der Waals surface area (Å²) in [6, 6.07) is 0. The fourth-order valence-electron chi connectivity index (χ4n) is 2.64. The average molecular weight is 209 g/mol. The lowest BCUT2D eigenvalue weighted by molar-refractivity contribution is -0.133. The van der Waals surface area contributed by atoms with Crippen molar-refractivity contribution >= 4 is 5.91 Å². The summed E-state index contributed by atoms with van der Waals surface area (Å²) in [5.74, 6) is 0.221. The van der Waals surface area contributed by atoms with Gasteiger partial charge in [-0.25, -0.2) is 0 Å². The molecule has 1 aliphatic carbocycles. The van der Waals surface area contributed by atoms with Gasteiger partial charge in [0.05, 0.1) is 0 Å². The molecule has 0 saturated carbocycles. The van der Waals surface area contributed by atoms with Gasteiger partial charge in [0.1, 0.15) is 0 Å². The van der Waals surface area contributed by atoms with E-state index in [1.807, 2.05) is 4.90 Å². The van der Waals surface area contributed by atoms with Gasteiger partial charge in [-0.1, -0.05) is 6.92 Å². The second-order valence-electron chi connectivity index (χ2n) is 4.30. The van der Waals surface area contributed by atoms with Crippen molar-refractivity contribution in [3.8, 4) is 0 Å². The van der Waals surface area contributed by atoms with E-state index >= 15 is 0 Å². The number of carbonyl (C=O) groups excluding carboxylic acids is 1. The van der Waals surface area contributed by atoms with E-state index in [0.29, 0.717) is 0 Å². The number of carbonyl (C=O) groups is 1. The monoisotopic (exact) mass is 209 g/mol. The van der Waals surface area contributed by atoms with Gasteiger partial charge in [0.15, 0.2) is 6.23 Å². The maximum Gasteiger partial charge on any atom is 0.252 e. The Morgan fingerprint density at radius 3 is 2.80 bits per heavy atom. The molecule has 2 aliphatic rings. The van der Waals surface area contributed by atoms with Gasteiger partial charge < -0.3 is 9.64 Å². The molecule has 0 aromatic rings. The molecule has 1 unspecified atom stereocenters. The first-order valence-corrected chi connectivity index (χ1v) is 5.85. The summed E-state index contributed by atoms with van der Waals surface area (Å²) in [5, 5.41) is 0. The number of hydrogen-bond donors (Lipinski definition) is 0. The van der Waals surface area contributed by atoms with Gasteiger partial charge in [-0.2, -0.15) is 0 Å². The Balaban J connectivity index is 2.24. The Bertz CT molecular complexity index is 296. The molecule has 0 radical (unpaired) electrons. The molecule has 1 aliphatic heterocycles. The summed E-state index contributed by atoms with van der Waals surface area (Å²) >= 11 is 0. The minimum Gasteiger partial charge on any atom is -0.357 e. The first kappa shape index (κ1) is 10.7. The van der Waals surface area contributed by atoms with Crippen molar-refractivity contribution in [3.63, 3.8) is 0 Å². The SMILES string of the molecule is CCCN1C(=O)C2=C(CCCC2)C1OC. The molecule has 84 valence electrons. The van der Waals surface area contributed by atoms with Crippen LogP contribution in [-0.4, -0.2) is 30.7 Å². The molecule has 3 heteroatoms. The van der Waals surface area contributed by atoms with Gasteiger partial charge in [-0.15, -0.1) is 0 Å². The maximum absolute atomic E-state index is 12.1. The second kappa shape index (κ2) is 4.35. The van der Waals surface area contributed by atoms with Gasteiger partial charge in [0.2, 0.25) is 0 Å². The van der Waals surface area contributed by atoms with Crippen LogP contribution in [0.5, 0.6) is 0 Å². The van der Waals surface area contributed by atoms with E-state index in [0.717, 1.165) is 37.8 Å². The Labute approximate surface area is 91.1 Å². The van der Waals surface area contributed by atoms with E-state index in [-0.39, 0.29) is 12.1 Å². The smallest absolute Gasteiger partial charge is 0.252 e. The van der Waals surface area contributed by atoms with Crippen molar-refractivity contribution in [1.82, 2.24) is 4.90 Å². The van der Waals surface area contributed by atoms with Crippen molar-refractivity contribution < 1.29 is 9.53 Å². The quantitative estimate of drug-likeness (QED) is 0.712. The molecule has 3 nitrogen and oxygen atoms in total. The van der Waals surface area contributed by atoms with Crippen LogP contribution in [0.3, 0.4) is 0 Å². The van der Waals surface area contributed by atoms with Crippen molar-refractivity contribution in [1.29, 1.82) is 0 Å². The molecule has 0 N–H and O–H groups in total. The highest BCUT2D eigenvalue weighted by Gasteiger charge is 2.39. The summed E-state index contributed by atoms with van der Waals surface area (Å²) in [4.78, 5) is 14.0. The zero-order valence-corrected chi connectivity index (χ0v) is 9.58. The van der Waals surface area contributed by atoms with E-state index in [4.69, 9.17) is 4.74 Å². The van der Waals surface area contributed by atoms with Crippen LogP contribution in [0.25, 0.3) is 0 Å². The van der Waals surface area contributed by atoms with Crippen molar-refractivity contribution in [2.75, 3.05) is 13.7 Å². The molecule has 2 rings (SSSR count). The fraction of sp³-hybridized carbons (Fsp3) is 0.750. The highest BCUT2D eigenvalue weighted by atomic mass is 16.5. The number of hydrogen-bond acceptors (Lipinski definition) is 2. The van der Waals surface area contributed by atoms with Crippen LogP contribution in [0.1, 0.15) is 39.0 Å². The molecule has 0 aromatic carbocycles. The van der Waals surface area contributed by atoms with Crippen molar-refractivity contribution in [3.05, 3.63) is 11.1 Å². The normalized spacial score (nSPS) is 26.1. The zero-order chi connectivity index (χ0) is 10.8. The van der Waals surface area contributed by atoms with Crippen LogP contribution >= 0.6 is 0 Å². The largest absolute Gasteiger partial charge is 0.357 e. The number of amides is 1.